The summed E-state index contributed by atoms with van der Waals surface area (Å²) in [5.74, 6) is -0.146. The standard InChI is InChI=1S/C16H15NO2/c1-11-3-5-13(6-4-11)16(19)14-7-9-15(10-8-14)17-12(2)18/h3-10H,1-2H3,(H,17,18). The molecule has 0 fully saturated rings. The van der Waals surface area contributed by atoms with E-state index in [1.807, 2.05) is 31.2 Å². The number of rotatable bonds is 3. The summed E-state index contributed by atoms with van der Waals surface area (Å²) in [5, 5.41) is 2.67. The molecule has 2 aromatic rings. The van der Waals surface area contributed by atoms with Gasteiger partial charge in [-0.25, -0.2) is 0 Å². The highest BCUT2D eigenvalue weighted by atomic mass is 16.1. The number of aryl methyl sites for hydroxylation is 1. The van der Waals surface area contributed by atoms with Gasteiger partial charge in [-0.3, -0.25) is 9.59 Å². The van der Waals surface area contributed by atoms with Crippen molar-refractivity contribution in [2.45, 2.75) is 13.8 Å². The van der Waals surface area contributed by atoms with Crippen LogP contribution in [0.3, 0.4) is 0 Å². The Hall–Kier alpha value is -2.42. The Labute approximate surface area is 112 Å². The van der Waals surface area contributed by atoms with Crippen LogP contribution >= 0.6 is 0 Å². The zero-order valence-electron chi connectivity index (χ0n) is 10.9. The van der Waals surface area contributed by atoms with Crippen molar-refractivity contribution in [1.29, 1.82) is 0 Å². The zero-order valence-corrected chi connectivity index (χ0v) is 10.9. The molecule has 1 amide bonds. The number of benzene rings is 2. The van der Waals surface area contributed by atoms with Crippen molar-refractivity contribution in [2.75, 3.05) is 5.32 Å². The number of anilines is 1. The fourth-order valence-electron chi connectivity index (χ4n) is 1.78. The van der Waals surface area contributed by atoms with Gasteiger partial charge in [-0.2, -0.15) is 0 Å². The molecule has 0 aliphatic rings. The van der Waals surface area contributed by atoms with Crippen molar-refractivity contribution >= 4 is 17.4 Å². The molecule has 0 atom stereocenters. The molecule has 0 unspecified atom stereocenters. The largest absolute Gasteiger partial charge is 0.326 e. The van der Waals surface area contributed by atoms with Crippen LogP contribution in [-0.4, -0.2) is 11.7 Å². The SMILES string of the molecule is CC(=O)Nc1ccc(C(=O)c2ccc(C)cc2)cc1. The minimum Gasteiger partial charge on any atom is -0.326 e. The van der Waals surface area contributed by atoms with Gasteiger partial charge in [0.15, 0.2) is 5.78 Å². The van der Waals surface area contributed by atoms with Crippen LogP contribution < -0.4 is 5.32 Å². The Balaban J connectivity index is 2.20. The second kappa shape index (κ2) is 5.48. The maximum Gasteiger partial charge on any atom is 0.221 e. The molecular weight excluding hydrogens is 238 g/mol. The average molecular weight is 253 g/mol. The number of carbonyl (C=O) groups is 2. The van der Waals surface area contributed by atoms with E-state index in [0.29, 0.717) is 16.8 Å². The summed E-state index contributed by atoms with van der Waals surface area (Å²) in [6.45, 7) is 3.43. The molecule has 96 valence electrons. The summed E-state index contributed by atoms with van der Waals surface area (Å²) in [5.41, 5.74) is 3.08. The summed E-state index contributed by atoms with van der Waals surface area (Å²) >= 11 is 0. The molecule has 0 heterocycles. The number of hydrogen-bond donors (Lipinski definition) is 1. The highest BCUT2D eigenvalue weighted by Gasteiger charge is 2.08. The normalized spacial score (nSPS) is 10.0. The van der Waals surface area contributed by atoms with E-state index in [9.17, 15) is 9.59 Å². The molecule has 0 radical (unpaired) electrons. The topological polar surface area (TPSA) is 46.2 Å². The summed E-state index contributed by atoms with van der Waals surface area (Å²) in [4.78, 5) is 23.1. The van der Waals surface area contributed by atoms with Crippen molar-refractivity contribution in [3.63, 3.8) is 0 Å². The van der Waals surface area contributed by atoms with Crippen molar-refractivity contribution in [1.82, 2.24) is 0 Å². The maximum absolute atomic E-state index is 12.2. The first-order valence-electron chi connectivity index (χ1n) is 6.05. The van der Waals surface area contributed by atoms with E-state index in [2.05, 4.69) is 5.32 Å². The lowest BCUT2D eigenvalue weighted by molar-refractivity contribution is -0.114. The molecule has 1 N–H and O–H groups in total. The Morgan fingerprint density at radius 2 is 1.32 bits per heavy atom. The van der Waals surface area contributed by atoms with Gasteiger partial charge in [-0.05, 0) is 31.2 Å². The van der Waals surface area contributed by atoms with Crippen molar-refractivity contribution < 1.29 is 9.59 Å². The molecule has 0 saturated heterocycles. The van der Waals surface area contributed by atoms with Crippen LogP contribution in [-0.2, 0) is 4.79 Å². The fraction of sp³-hybridized carbons (Fsp3) is 0.125. The molecule has 0 aliphatic heterocycles. The van der Waals surface area contributed by atoms with E-state index in [1.165, 1.54) is 6.92 Å². The van der Waals surface area contributed by atoms with Gasteiger partial charge in [0, 0.05) is 23.7 Å². The maximum atomic E-state index is 12.2. The van der Waals surface area contributed by atoms with Gasteiger partial charge in [0.1, 0.15) is 0 Å². The fourth-order valence-corrected chi connectivity index (χ4v) is 1.78. The van der Waals surface area contributed by atoms with Crippen molar-refractivity contribution in [3.8, 4) is 0 Å². The van der Waals surface area contributed by atoms with Gasteiger partial charge in [0.25, 0.3) is 0 Å². The van der Waals surface area contributed by atoms with Crippen LogP contribution in [0.15, 0.2) is 48.5 Å². The molecule has 3 heteroatoms. The predicted octanol–water partition coefficient (Wildman–Crippen LogP) is 3.18. The Morgan fingerprint density at radius 1 is 0.842 bits per heavy atom. The lowest BCUT2D eigenvalue weighted by Gasteiger charge is -2.04. The van der Waals surface area contributed by atoms with E-state index < -0.39 is 0 Å². The van der Waals surface area contributed by atoms with Crippen LogP contribution in [0, 0.1) is 6.92 Å². The van der Waals surface area contributed by atoms with E-state index in [-0.39, 0.29) is 11.7 Å². The van der Waals surface area contributed by atoms with Gasteiger partial charge >= 0.3 is 0 Å². The highest BCUT2D eigenvalue weighted by Crippen LogP contribution is 2.14. The van der Waals surface area contributed by atoms with Crippen molar-refractivity contribution in [3.05, 3.63) is 65.2 Å². The number of carbonyl (C=O) groups excluding carboxylic acids is 2. The van der Waals surface area contributed by atoms with Gasteiger partial charge in [0.05, 0.1) is 0 Å². The minimum atomic E-state index is -0.127. The van der Waals surface area contributed by atoms with E-state index in [1.54, 1.807) is 24.3 Å². The molecular formula is C16H15NO2. The van der Waals surface area contributed by atoms with Gasteiger partial charge in [0.2, 0.25) is 5.91 Å². The van der Waals surface area contributed by atoms with Gasteiger partial charge < -0.3 is 5.32 Å². The lowest BCUT2D eigenvalue weighted by atomic mass is 10.0. The molecule has 0 aliphatic carbocycles. The smallest absolute Gasteiger partial charge is 0.221 e. The van der Waals surface area contributed by atoms with Crippen LogP contribution in [0.5, 0.6) is 0 Å². The van der Waals surface area contributed by atoms with Crippen LogP contribution in [0.2, 0.25) is 0 Å². The first kappa shape index (κ1) is 13.0. The second-order valence-corrected chi connectivity index (χ2v) is 4.45. The van der Waals surface area contributed by atoms with E-state index in [4.69, 9.17) is 0 Å². The molecule has 19 heavy (non-hydrogen) atoms. The molecule has 2 rings (SSSR count). The quantitative estimate of drug-likeness (QED) is 0.854. The third kappa shape index (κ3) is 3.28. The molecule has 3 nitrogen and oxygen atoms in total. The van der Waals surface area contributed by atoms with Crippen molar-refractivity contribution in [2.24, 2.45) is 0 Å². The summed E-state index contributed by atoms with van der Waals surface area (Å²) in [7, 11) is 0. The summed E-state index contributed by atoms with van der Waals surface area (Å²) in [6.07, 6.45) is 0. The van der Waals surface area contributed by atoms with E-state index in [0.717, 1.165) is 5.56 Å². The van der Waals surface area contributed by atoms with Crippen LogP contribution in [0.25, 0.3) is 0 Å². The molecule has 0 saturated carbocycles. The first-order chi connectivity index (χ1) is 9.06. The zero-order chi connectivity index (χ0) is 13.8. The van der Waals surface area contributed by atoms with Crippen LogP contribution in [0.4, 0.5) is 5.69 Å². The Kier molecular flexibility index (Phi) is 3.76. The molecule has 2 aromatic carbocycles. The number of ketones is 1. The third-order valence-corrected chi connectivity index (χ3v) is 2.78. The molecule has 0 bridgehead atoms. The number of hydrogen-bond acceptors (Lipinski definition) is 2. The Bertz CT molecular complexity index is 598. The Morgan fingerprint density at radius 3 is 1.79 bits per heavy atom. The number of nitrogens with one attached hydrogen (secondary N) is 1. The third-order valence-electron chi connectivity index (χ3n) is 2.78. The van der Waals surface area contributed by atoms with E-state index >= 15 is 0 Å². The van der Waals surface area contributed by atoms with Crippen LogP contribution in [0.1, 0.15) is 28.4 Å². The van der Waals surface area contributed by atoms with Gasteiger partial charge in [-0.15, -0.1) is 0 Å². The summed E-state index contributed by atoms with van der Waals surface area (Å²) in [6, 6.07) is 14.4. The lowest BCUT2D eigenvalue weighted by Crippen LogP contribution is -2.06. The molecule has 0 aromatic heterocycles. The first-order valence-corrected chi connectivity index (χ1v) is 6.05. The monoisotopic (exact) mass is 253 g/mol. The predicted molar refractivity (Wildman–Crippen MR) is 75.4 cm³/mol. The average Bonchev–Trinajstić information content (AvgIpc) is 2.39. The molecule has 0 spiro atoms. The summed E-state index contributed by atoms with van der Waals surface area (Å²) < 4.78 is 0. The number of amides is 1. The second-order valence-electron chi connectivity index (χ2n) is 4.45. The van der Waals surface area contributed by atoms with Gasteiger partial charge in [-0.1, -0.05) is 29.8 Å². The minimum absolute atomic E-state index is 0.0191. The highest BCUT2D eigenvalue weighted by molar-refractivity contribution is 6.09.